The molecule has 0 bridgehead atoms. The van der Waals surface area contributed by atoms with Gasteiger partial charge in [0.05, 0.1) is 21.8 Å². The number of likely N-dealkylation sites (tertiary alicyclic amines) is 1. The number of carbonyl (C=O) groups is 1. The fourth-order valence-corrected chi connectivity index (χ4v) is 5.47. The summed E-state index contributed by atoms with van der Waals surface area (Å²) in [5, 5.41) is 4.27. The number of halogens is 1. The highest BCUT2D eigenvalue weighted by Gasteiger charge is 2.24. The molecule has 0 aliphatic carbocycles. The largest absolute Gasteiger partial charge is 0.349 e. The van der Waals surface area contributed by atoms with Crippen molar-refractivity contribution in [2.45, 2.75) is 43.2 Å². The number of nitrogens with one attached hydrogen (secondary N) is 1. The van der Waals surface area contributed by atoms with E-state index in [1.165, 1.54) is 29.5 Å². The number of unbranched alkanes of at least 4 members (excludes halogenated alkanes) is 1. The Bertz CT molecular complexity index is 1130. The van der Waals surface area contributed by atoms with Crippen LogP contribution in [0.25, 0.3) is 11.7 Å². The van der Waals surface area contributed by atoms with E-state index in [0.29, 0.717) is 0 Å². The molecule has 0 unspecified atom stereocenters. The molecule has 2 aliphatic heterocycles. The number of rotatable bonds is 7. The number of benzene rings is 1. The van der Waals surface area contributed by atoms with Crippen LogP contribution in [-0.4, -0.2) is 45.9 Å². The lowest BCUT2D eigenvalue weighted by molar-refractivity contribution is -0.117. The second-order valence-corrected chi connectivity index (χ2v) is 9.59. The van der Waals surface area contributed by atoms with Crippen molar-refractivity contribution in [1.82, 2.24) is 19.6 Å². The van der Waals surface area contributed by atoms with Gasteiger partial charge in [-0.25, -0.2) is 9.37 Å². The highest BCUT2D eigenvalue weighted by molar-refractivity contribution is 8.04. The van der Waals surface area contributed by atoms with Gasteiger partial charge >= 0.3 is 0 Å². The molecule has 3 aromatic rings. The number of pyridine rings is 1. The van der Waals surface area contributed by atoms with Crippen LogP contribution in [0.2, 0.25) is 0 Å². The SMILES string of the molecule is O=C(NC1CCN(CCCCc2ccc(F)cc2)CC1)C1=Cc2cnc3cccc(n23)S1. The second-order valence-electron chi connectivity index (χ2n) is 8.52. The monoisotopic (exact) mass is 450 g/mol. The minimum atomic E-state index is -0.175. The number of nitrogens with zero attached hydrogens (tertiary/aromatic N) is 3. The van der Waals surface area contributed by atoms with E-state index < -0.39 is 0 Å². The Morgan fingerprint density at radius 3 is 2.75 bits per heavy atom. The molecule has 1 N–H and O–H groups in total. The Kier molecular flexibility index (Phi) is 6.28. The van der Waals surface area contributed by atoms with Crippen LogP contribution in [0, 0.1) is 5.82 Å². The third kappa shape index (κ3) is 4.74. The molecule has 32 heavy (non-hydrogen) atoms. The van der Waals surface area contributed by atoms with E-state index in [1.807, 2.05) is 42.6 Å². The summed E-state index contributed by atoms with van der Waals surface area (Å²) in [6.07, 6.45) is 8.95. The minimum absolute atomic E-state index is 0.0113. The van der Waals surface area contributed by atoms with Crippen LogP contribution >= 0.6 is 11.8 Å². The number of amides is 1. The summed E-state index contributed by atoms with van der Waals surface area (Å²) in [7, 11) is 0. The van der Waals surface area contributed by atoms with Crippen molar-refractivity contribution in [3.8, 4) is 0 Å². The third-order valence-electron chi connectivity index (χ3n) is 6.26. The van der Waals surface area contributed by atoms with Crippen LogP contribution < -0.4 is 5.32 Å². The van der Waals surface area contributed by atoms with Crippen molar-refractivity contribution in [3.63, 3.8) is 0 Å². The molecule has 2 aromatic heterocycles. The van der Waals surface area contributed by atoms with Crippen molar-refractivity contribution < 1.29 is 9.18 Å². The highest BCUT2D eigenvalue weighted by atomic mass is 32.2. The molecule has 166 valence electrons. The maximum atomic E-state index is 13.0. The topological polar surface area (TPSA) is 49.6 Å². The molecule has 0 spiro atoms. The van der Waals surface area contributed by atoms with Gasteiger partial charge in [-0.1, -0.05) is 30.0 Å². The summed E-state index contributed by atoms with van der Waals surface area (Å²) in [4.78, 5) is 20.5. The molecule has 1 fully saturated rings. The van der Waals surface area contributed by atoms with Crippen LogP contribution in [0.4, 0.5) is 4.39 Å². The molecule has 1 aromatic carbocycles. The standard InChI is InChI=1S/C25H27FN4OS/c26-19-9-7-18(8-10-19)4-1-2-13-29-14-11-20(12-15-29)28-25(31)22-16-21-17-27-23-5-3-6-24(32-22)30(21)23/h3,5-10,16-17,20H,1-2,4,11-15H2,(H,28,31). The van der Waals surface area contributed by atoms with Gasteiger partial charge in [0, 0.05) is 19.1 Å². The summed E-state index contributed by atoms with van der Waals surface area (Å²) in [6, 6.07) is 13.0. The molecule has 1 saturated heterocycles. The Morgan fingerprint density at radius 1 is 1.12 bits per heavy atom. The predicted octanol–water partition coefficient (Wildman–Crippen LogP) is 4.52. The number of hydrogen-bond acceptors (Lipinski definition) is 4. The summed E-state index contributed by atoms with van der Waals surface area (Å²) in [6.45, 7) is 3.11. The molecule has 7 heteroatoms. The molecule has 5 rings (SSSR count). The van der Waals surface area contributed by atoms with E-state index in [9.17, 15) is 9.18 Å². The van der Waals surface area contributed by atoms with E-state index >= 15 is 0 Å². The van der Waals surface area contributed by atoms with E-state index in [4.69, 9.17) is 0 Å². The Labute approximate surface area is 191 Å². The number of piperidine rings is 1. The molecule has 0 radical (unpaired) electrons. The van der Waals surface area contributed by atoms with Gasteiger partial charge in [0.2, 0.25) is 0 Å². The van der Waals surface area contributed by atoms with Gasteiger partial charge in [-0.2, -0.15) is 0 Å². The maximum absolute atomic E-state index is 13.0. The van der Waals surface area contributed by atoms with Crippen LogP contribution in [0.3, 0.4) is 0 Å². The number of thioether (sulfide) groups is 1. The van der Waals surface area contributed by atoms with Crippen LogP contribution in [0.1, 0.15) is 36.9 Å². The predicted molar refractivity (Wildman–Crippen MR) is 126 cm³/mol. The first-order chi connectivity index (χ1) is 15.7. The van der Waals surface area contributed by atoms with Crippen molar-refractivity contribution in [2.75, 3.05) is 19.6 Å². The summed E-state index contributed by atoms with van der Waals surface area (Å²) < 4.78 is 15.1. The smallest absolute Gasteiger partial charge is 0.258 e. The molecule has 0 saturated carbocycles. The maximum Gasteiger partial charge on any atom is 0.258 e. The summed E-state index contributed by atoms with van der Waals surface area (Å²) in [5.74, 6) is -0.164. The van der Waals surface area contributed by atoms with Crippen molar-refractivity contribution in [2.24, 2.45) is 0 Å². The van der Waals surface area contributed by atoms with E-state index in [2.05, 4.69) is 19.6 Å². The second kappa shape index (κ2) is 9.46. The average molecular weight is 451 g/mol. The van der Waals surface area contributed by atoms with Gasteiger partial charge < -0.3 is 10.2 Å². The molecular formula is C25H27FN4OS. The van der Waals surface area contributed by atoms with Gasteiger partial charge in [0.15, 0.2) is 0 Å². The fourth-order valence-electron chi connectivity index (χ4n) is 4.47. The van der Waals surface area contributed by atoms with Gasteiger partial charge in [-0.3, -0.25) is 9.20 Å². The normalized spacial score (nSPS) is 16.8. The lowest BCUT2D eigenvalue weighted by atomic mass is 10.0. The Balaban J connectivity index is 1.06. The Morgan fingerprint density at radius 2 is 1.94 bits per heavy atom. The molecule has 5 nitrogen and oxygen atoms in total. The molecule has 1 amide bonds. The fraction of sp³-hybridized carbons (Fsp3) is 0.360. The van der Waals surface area contributed by atoms with Crippen LogP contribution in [-0.2, 0) is 11.2 Å². The minimum Gasteiger partial charge on any atom is -0.349 e. The van der Waals surface area contributed by atoms with Crippen molar-refractivity contribution >= 4 is 29.4 Å². The zero-order chi connectivity index (χ0) is 21.9. The first-order valence-electron chi connectivity index (χ1n) is 11.3. The van der Waals surface area contributed by atoms with Gasteiger partial charge in [0.25, 0.3) is 5.91 Å². The zero-order valence-corrected chi connectivity index (χ0v) is 18.8. The van der Waals surface area contributed by atoms with Crippen LogP contribution in [0.15, 0.2) is 58.6 Å². The van der Waals surface area contributed by atoms with E-state index in [-0.39, 0.29) is 17.8 Å². The quantitative estimate of drug-likeness (QED) is 0.538. The molecule has 0 atom stereocenters. The van der Waals surface area contributed by atoms with E-state index in [1.54, 1.807) is 0 Å². The number of hydrogen-bond donors (Lipinski definition) is 1. The number of aryl methyl sites for hydroxylation is 1. The molecule has 2 aliphatic rings. The third-order valence-corrected chi connectivity index (χ3v) is 7.31. The summed E-state index contributed by atoms with van der Waals surface area (Å²) >= 11 is 1.50. The van der Waals surface area contributed by atoms with Crippen molar-refractivity contribution in [1.29, 1.82) is 0 Å². The lowest BCUT2D eigenvalue weighted by Gasteiger charge is -2.32. The lowest BCUT2D eigenvalue weighted by Crippen LogP contribution is -2.45. The van der Waals surface area contributed by atoms with Gasteiger partial charge in [0.1, 0.15) is 11.5 Å². The number of aromatic nitrogens is 2. The molecular weight excluding hydrogens is 423 g/mol. The van der Waals surface area contributed by atoms with Gasteiger partial charge in [-0.05, 0) is 74.6 Å². The first-order valence-corrected chi connectivity index (χ1v) is 12.1. The van der Waals surface area contributed by atoms with Crippen molar-refractivity contribution in [3.05, 3.63) is 70.6 Å². The number of imidazole rings is 1. The molecule has 4 heterocycles. The zero-order valence-electron chi connectivity index (χ0n) is 18.0. The highest BCUT2D eigenvalue weighted by Crippen LogP contribution is 2.34. The number of carbonyl (C=O) groups excluding carboxylic acids is 1. The van der Waals surface area contributed by atoms with Gasteiger partial charge in [-0.15, -0.1) is 0 Å². The van der Waals surface area contributed by atoms with Crippen LogP contribution in [0.5, 0.6) is 0 Å². The van der Waals surface area contributed by atoms with E-state index in [0.717, 1.165) is 73.0 Å². The Hall–Kier alpha value is -2.64. The first kappa shape index (κ1) is 21.2. The average Bonchev–Trinajstić information content (AvgIpc) is 3.23. The summed E-state index contributed by atoms with van der Waals surface area (Å²) in [5.41, 5.74) is 3.06.